The summed E-state index contributed by atoms with van der Waals surface area (Å²) in [6, 6.07) is 12.6. The van der Waals surface area contributed by atoms with Crippen LogP contribution in [0.3, 0.4) is 0 Å². The highest BCUT2D eigenvalue weighted by atomic mass is 16.6. The fourth-order valence-corrected chi connectivity index (χ4v) is 2.03. The van der Waals surface area contributed by atoms with Gasteiger partial charge in [0.05, 0.1) is 11.5 Å². The Kier molecular flexibility index (Phi) is 5.85. The Morgan fingerprint density at radius 3 is 2.44 bits per heavy atom. The lowest BCUT2D eigenvalue weighted by atomic mass is 10.1. The van der Waals surface area contributed by atoms with E-state index in [1.165, 1.54) is 25.1 Å². The number of carbonyl (C=O) groups excluding carboxylic acids is 2. The molecule has 0 saturated carbocycles. The van der Waals surface area contributed by atoms with Crippen LogP contribution in [0, 0.1) is 22.0 Å². The van der Waals surface area contributed by atoms with Crippen molar-refractivity contribution in [3.63, 3.8) is 0 Å². The standard InChI is InChI=1S/C18H15N3O4/c1-13(22)20-15-10-8-14(9-11-15)5-4-12-19-18(23)16-6-2-3-7-17(16)21(24)25/h2-3,6-11H,12H2,1H3,(H,19,23)(H,20,22). The molecule has 0 aliphatic rings. The van der Waals surface area contributed by atoms with Crippen molar-refractivity contribution in [3.05, 3.63) is 69.8 Å². The third-order valence-corrected chi connectivity index (χ3v) is 3.12. The molecule has 0 aliphatic carbocycles. The highest BCUT2D eigenvalue weighted by molar-refractivity contribution is 5.98. The van der Waals surface area contributed by atoms with Crippen LogP contribution in [-0.4, -0.2) is 23.3 Å². The molecular weight excluding hydrogens is 322 g/mol. The van der Waals surface area contributed by atoms with Gasteiger partial charge in [-0.25, -0.2) is 0 Å². The molecule has 2 amide bonds. The van der Waals surface area contributed by atoms with Crippen molar-refractivity contribution in [2.45, 2.75) is 6.92 Å². The van der Waals surface area contributed by atoms with Gasteiger partial charge in [0.25, 0.3) is 11.6 Å². The Morgan fingerprint density at radius 1 is 1.12 bits per heavy atom. The molecule has 2 aromatic rings. The minimum absolute atomic E-state index is 0.00559. The Hall–Kier alpha value is -3.66. The number of anilines is 1. The van der Waals surface area contributed by atoms with Crippen molar-refractivity contribution in [1.82, 2.24) is 5.32 Å². The number of hydrogen-bond donors (Lipinski definition) is 2. The lowest BCUT2D eigenvalue weighted by Gasteiger charge is -2.02. The second kappa shape index (κ2) is 8.26. The van der Waals surface area contributed by atoms with Crippen LogP contribution < -0.4 is 10.6 Å². The molecule has 2 aromatic carbocycles. The molecule has 7 heteroatoms. The second-order valence-corrected chi connectivity index (χ2v) is 5.02. The fourth-order valence-electron chi connectivity index (χ4n) is 2.03. The zero-order valence-electron chi connectivity index (χ0n) is 13.4. The minimum atomic E-state index is -0.600. The topological polar surface area (TPSA) is 101 Å². The first-order chi connectivity index (χ1) is 12.0. The van der Waals surface area contributed by atoms with Crippen molar-refractivity contribution < 1.29 is 14.5 Å². The van der Waals surface area contributed by atoms with Crippen LogP contribution in [0.15, 0.2) is 48.5 Å². The SMILES string of the molecule is CC(=O)Nc1ccc(C#CCNC(=O)c2ccccc2[N+](=O)[O-])cc1. The van der Waals surface area contributed by atoms with Crippen molar-refractivity contribution in [2.24, 2.45) is 0 Å². The summed E-state index contributed by atoms with van der Waals surface area (Å²) in [6.07, 6.45) is 0. The predicted octanol–water partition coefficient (Wildman–Crippen LogP) is 2.33. The Morgan fingerprint density at radius 2 is 1.80 bits per heavy atom. The number of nitro groups is 1. The van der Waals surface area contributed by atoms with Crippen LogP contribution in [-0.2, 0) is 4.79 Å². The molecular formula is C18H15N3O4. The number of carbonyl (C=O) groups is 2. The van der Waals surface area contributed by atoms with E-state index in [2.05, 4.69) is 22.5 Å². The van der Waals surface area contributed by atoms with Crippen LogP contribution in [0.2, 0.25) is 0 Å². The lowest BCUT2D eigenvalue weighted by Crippen LogP contribution is -2.24. The van der Waals surface area contributed by atoms with Gasteiger partial charge in [0, 0.05) is 24.2 Å². The summed E-state index contributed by atoms with van der Waals surface area (Å²) in [6.45, 7) is 1.48. The summed E-state index contributed by atoms with van der Waals surface area (Å²) < 4.78 is 0. The average Bonchev–Trinajstić information content (AvgIpc) is 2.59. The largest absolute Gasteiger partial charge is 0.341 e. The lowest BCUT2D eigenvalue weighted by molar-refractivity contribution is -0.385. The van der Waals surface area contributed by atoms with E-state index in [0.717, 1.165) is 0 Å². The fraction of sp³-hybridized carbons (Fsp3) is 0.111. The average molecular weight is 337 g/mol. The molecule has 0 atom stereocenters. The molecule has 0 unspecified atom stereocenters. The Balaban J connectivity index is 1.95. The summed E-state index contributed by atoms with van der Waals surface area (Å²) in [5, 5.41) is 16.1. The van der Waals surface area contributed by atoms with Gasteiger partial charge >= 0.3 is 0 Å². The second-order valence-electron chi connectivity index (χ2n) is 5.02. The van der Waals surface area contributed by atoms with Gasteiger partial charge in [0.2, 0.25) is 5.91 Å². The summed E-state index contributed by atoms with van der Waals surface area (Å²) in [5.74, 6) is 4.92. The number of benzene rings is 2. The van der Waals surface area contributed by atoms with Gasteiger partial charge < -0.3 is 10.6 Å². The van der Waals surface area contributed by atoms with Crippen molar-refractivity contribution in [3.8, 4) is 11.8 Å². The number of nitrogens with one attached hydrogen (secondary N) is 2. The van der Waals surface area contributed by atoms with Crippen LogP contribution >= 0.6 is 0 Å². The molecule has 126 valence electrons. The predicted molar refractivity (Wildman–Crippen MR) is 93.1 cm³/mol. The van der Waals surface area contributed by atoms with E-state index in [1.54, 1.807) is 30.3 Å². The third kappa shape index (κ3) is 5.18. The molecule has 0 aliphatic heterocycles. The van der Waals surface area contributed by atoms with E-state index in [0.29, 0.717) is 11.3 Å². The van der Waals surface area contributed by atoms with E-state index in [1.807, 2.05) is 0 Å². The number of rotatable bonds is 4. The smallest absolute Gasteiger partial charge is 0.282 e. The number of nitro benzene ring substituents is 1. The van der Waals surface area contributed by atoms with Crippen LogP contribution in [0.5, 0.6) is 0 Å². The zero-order valence-corrected chi connectivity index (χ0v) is 13.4. The van der Waals surface area contributed by atoms with Crippen LogP contribution in [0.1, 0.15) is 22.8 Å². The van der Waals surface area contributed by atoms with E-state index < -0.39 is 10.8 Å². The molecule has 0 fully saturated rings. The number of hydrogen-bond acceptors (Lipinski definition) is 4. The monoisotopic (exact) mass is 337 g/mol. The summed E-state index contributed by atoms with van der Waals surface area (Å²) in [5.41, 5.74) is 1.13. The number of amides is 2. The van der Waals surface area contributed by atoms with Crippen molar-refractivity contribution in [1.29, 1.82) is 0 Å². The van der Waals surface area contributed by atoms with Gasteiger partial charge in [-0.05, 0) is 30.3 Å². The van der Waals surface area contributed by atoms with Gasteiger partial charge in [-0.1, -0.05) is 24.0 Å². The van der Waals surface area contributed by atoms with Crippen LogP contribution in [0.25, 0.3) is 0 Å². The summed E-state index contributed by atoms with van der Waals surface area (Å²) in [7, 11) is 0. The first kappa shape index (κ1) is 17.7. The normalized spacial score (nSPS) is 9.48. The Bertz CT molecular complexity index is 864. The molecule has 2 N–H and O–H groups in total. The summed E-state index contributed by atoms with van der Waals surface area (Å²) >= 11 is 0. The highest BCUT2D eigenvalue weighted by Crippen LogP contribution is 2.17. The first-order valence-corrected chi connectivity index (χ1v) is 7.35. The molecule has 2 rings (SSSR count). The highest BCUT2D eigenvalue weighted by Gasteiger charge is 2.18. The summed E-state index contributed by atoms with van der Waals surface area (Å²) in [4.78, 5) is 33.2. The molecule has 7 nitrogen and oxygen atoms in total. The quantitative estimate of drug-likeness (QED) is 0.508. The first-order valence-electron chi connectivity index (χ1n) is 7.35. The van der Waals surface area contributed by atoms with Gasteiger partial charge in [0.15, 0.2) is 0 Å². The van der Waals surface area contributed by atoms with Crippen molar-refractivity contribution in [2.75, 3.05) is 11.9 Å². The maximum atomic E-state index is 12.0. The third-order valence-electron chi connectivity index (χ3n) is 3.12. The minimum Gasteiger partial charge on any atom is -0.341 e. The molecule has 0 aromatic heterocycles. The number of nitrogens with zero attached hydrogens (tertiary/aromatic N) is 1. The van der Waals surface area contributed by atoms with Gasteiger partial charge in [-0.2, -0.15) is 0 Å². The Labute approximate surface area is 144 Å². The molecule has 0 heterocycles. The zero-order chi connectivity index (χ0) is 18.2. The molecule has 25 heavy (non-hydrogen) atoms. The maximum absolute atomic E-state index is 12.0. The maximum Gasteiger partial charge on any atom is 0.282 e. The molecule has 0 spiro atoms. The number of para-hydroxylation sites is 1. The molecule has 0 bridgehead atoms. The molecule has 0 radical (unpaired) electrons. The van der Waals surface area contributed by atoms with Crippen molar-refractivity contribution >= 4 is 23.2 Å². The van der Waals surface area contributed by atoms with E-state index in [4.69, 9.17) is 0 Å². The van der Waals surface area contributed by atoms with E-state index in [9.17, 15) is 19.7 Å². The van der Waals surface area contributed by atoms with E-state index in [-0.39, 0.29) is 23.7 Å². The van der Waals surface area contributed by atoms with Gasteiger partial charge in [-0.3, -0.25) is 19.7 Å². The van der Waals surface area contributed by atoms with E-state index >= 15 is 0 Å². The molecule has 0 saturated heterocycles. The van der Waals surface area contributed by atoms with Gasteiger partial charge in [0.1, 0.15) is 5.56 Å². The van der Waals surface area contributed by atoms with Crippen LogP contribution in [0.4, 0.5) is 11.4 Å². The van der Waals surface area contributed by atoms with Gasteiger partial charge in [-0.15, -0.1) is 0 Å².